The number of benzene rings is 1. The molecule has 0 bridgehead atoms. The maximum atomic E-state index is 12.9. The summed E-state index contributed by atoms with van der Waals surface area (Å²) in [5.74, 6) is -0.453. The van der Waals surface area contributed by atoms with Gasteiger partial charge in [-0.2, -0.15) is 23.7 Å². The molecule has 0 aliphatic carbocycles. The molecule has 3 aromatic heterocycles. The first-order valence-electron chi connectivity index (χ1n) is 8.04. The topological polar surface area (TPSA) is 89.8 Å². The fourth-order valence-corrected chi connectivity index (χ4v) is 4.22. The minimum atomic E-state index is -2.97. The number of alkyl halides is 2. The van der Waals surface area contributed by atoms with Crippen molar-refractivity contribution in [1.82, 2.24) is 24.5 Å². The molecule has 4 aromatic rings. The lowest BCUT2D eigenvalue weighted by Crippen LogP contribution is -2.06. The molecule has 1 atom stereocenters. The molecule has 0 saturated heterocycles. The molecule has 13 heteroatoms. The minimum absolute atomic E-state index is 0.0510. The zero-order chi connectivity index (χ0) is 20.7. The van der Waals surface area contributed by atoms with Gasteiger partial charge in [0.05, 0.1) is 27.8 Å². The number of hydrogen-bond acceptors (Lipinski definition) is 4. The molecule has 8 nitrogen and oxygen atoms in total. The number of halogens is 4. The Morgan fingerprint density at radius 2 is 2.10 bits per heavy atom. The fraction of sp³-hybridized carbons (Fsp3) is 0.125. The SMILES string of the molecule is Cc1cnn(-c2c(Cl)ccc3c(S(=O)Nc4cnn(C(F)F)c4OCl)c[nH]c23)c1. The molecule has 2 N–H and O–H groups in total. The van der Waals surface area contributed by atoms with Crippen LogP contribution in [0.15, 0.2) is 41.8 Å². The zero-order valence-electron chi connectivity index (χ0n) is 14.6. The molecule has 0 aliphatic rings. The summed E-state index contributed by atoms with van der Waals surface area (Å²) in [6, 6.07) is 3.36. The van der Waals surface area contributed by atoms with Gasteiger partial charge in [-0.3, -0.25) is 4.72 Å². The second-order valence-corrected chi connectivity index (χ2v) is 7.71. The standard InChI is InChI=1S/C16H12Cl2F2N6O2S/c1-8-4-22-25(7-8)14-10(17)3-2-9-12(6-21-13(9)14)29(27)24-11-5-23-26(16(19)20)15(11)28-18/h2-7,16,21,24H,1H3. The van der Waals surface area contributed by atoms with Crippen molar-refractivity contribution in [2.45, 2.75) is 18.4 Å². The Kier molecular flexibility index (Phi) is 5.19. The Morgan fingerprint density at radius 1 is 1.31 bits per heavy atom. The quantitative estimate of drug-likeness (QED) is 0.440. The molecule has 0 spiro atoms. The second-order valence-electron chi connectivity index (χ2n) is 5.97. The van der Waals surface area contributed by atoms with E-state index < -0.39 is 23.4 Å². The molecule has 152 valence electrons. The van der Waals surface area contributed by atoms with Gasteiger partial charge in [0.2, 0.25) is 0 Å². The Hall–Kier alpha value is -2.63. The van der Waals surface area contributed by atoms with E-state index in [-0.39, 0.29) is 10.4 Å². The van der Waals surface area contributed by atoms with Gasteiger partial charge in [0.15, 0.2) is 11.0 Å². The number of aromatic nitrogens is 5. The summed E-state index contributed by atoms with van der Waals surface area (Å²) >= 11 is 11.6. The number of aromatic amines is 1. The van der Waals surface area contributed by atoms with Gasteiger partial charge in [0.1, 0.15) is 23.2 Å². The van der Waals surface area contributed by atoms with E-state index in [1.165, 1.54) is 6.20 Å². The van der Waals surface area contributed by atoms with E-state index in [9.17, 15) is 13.0 Å². The summed E-state index contributed by atoms with van der Waals surface area (Å²) in [6.45, 7) is -1.07. The van der Waals surface area contributed by atoms with Crippen LogP contribution in [-0.2, 0) is 11.0 Å². The highest BCUT2D eigenvalue weighted by atomic mass is 35.5. The first kappa shape index (κ1) is 19.7. The number of H-pyrrole nitrogens is 1. The van der Waals surface area contributed by atoms with Crippen LogP contribution in [0.1, 0.15) is 12.1 Å². The van der Waals surface area contributed by atoms with Crippen LogP contribution in [0.3, 0.4) is 0 Å². The van der Waals surface area contributed by atoms with Gasteiger partial charge in [-0.15, -0.1) is 0 Å². The first-order valence-corrected chi connectivity index (χ1v) is 9.88. The van der Waals surface area contributed by atoms with E-state index in [1.54, 1.807) is 29.2 Å². The van der Waals surface area contributed by atoms with Crippen molar-refractivity contribution in [1.29, 1.82) is 0 Å². The third kappa shape index (κ3) is 3.45. The minimum Gasteiger partial charge on any atom is -0.363 e. The van der Waals surface area contributed by atoms with E-state index in [4.69, 9.17) is 23.5 Å². The third-order valence-corrected chi connectivity index (χ3v) is 5.69. The van der Waals surface area contributed by atoms with Crippen molar-refractivity contribution in [3.05, 3.63) is 47.5 Å². The van der Waals surface area contributed by atoms with Crippen LogP contribution in [0, 0.1) is 6.92 Å². The molecular formula is C16H12Cl2F2N6O2S. The highest BCUT2D eigenvalue weighted by molar-refractivity contribution is 7.86. The van der Waals surface area contributed by atoms with Crippen molar-refractivity contribution in [2.75, 3.05) is 4.72 Å². The monoisotopic (exact) mass is 460 g/mol. The number of rotatable bonds is 6. The number of aryl methyl sites for hydroxylation is 1. The molecule has 0 amide bonds. The Labute approximate surface area is 175 Å². The highest BCUT2D eigenvalue weighted by Gasteiger charge is 2.22. The van der Waals surface area contributed by atoms with Crippen molar-refractivity contribution in [3.63, 3.8) is 0 Å². The smallest absolute Gasteiger partial charge is 0.336 e. The average Bonchev–Trinajstić information content (AvgIpc) is 3.39. The molecule has 1 unspecified atom stereocenters. The molecule has 0 fully saturated rings. The highest BCUT2D eigenvalue weighted by Crippen LogP contribution is 2.34. The lowest BCUT2D eigenvalue weighted by molar-refractivity contribution is 0.0515. The number of anilines is 1. The number of hydrogen-bond donors (Lipinski definition) is 2. The van der Waals surface area contributed by atoms with Crippen LogP contribution in [0.4, 0.5) is 14.5 Å². The number of nitrogens with one attached hydrogen (secondary N) is 2. The summed E-state index contributed by atoms with van der Waals surface area (Å²) in [6.07, 6.45) is 6.07. The molecule has 29 heavy (non-hydrogen) atoms. The van der Waals surface area contributed by atoms with E-state index in [0.717, 1.165) is 11.8 Å². The summed E-state index contributed by atoms with van der Waals surface area (Å²) in [5.41, 5.74) is 2.10. The average molecular weight is 461 g/mol. The van der Waals surface area contributed by atoms with Crippen LogP contribution in [-0.4, -0.2) is 28.8 Å². The van der Waals surface area contributed by atoms with Crippen molar-refractivity contribution < 1.29 is 17.3 Å². The van der Waals surface area contributed by atoms with Crippen LogP contribution in [0.5, 0.6) is 5.88 Å². The van der Waals surface area contributed by atoms with Crippen molar-refractivity contribution in [3.8, 4) is 11.6 Å². The fourth-order valence-electron chi connectivity index (χ4n) is 2.84. The van der Waals surface area contributed by atoms with E-state index in [1.807, 2.05) is 6.92 Å². The molecule has 0 saturated carbocycles. The van der Waals surface area contributed by atoms with Crippen LogP contribution >= 0.6 is 23.5 Å². The van der Waals surface area contributed by atoms with Gasteiger partial charge in [-0.05, 0) is 24.6 Å². The van der Waals surface area contributed by atoms with Crippen molar-refractivity contribution >= 4 is 51.0 Å². The molecule has 1 aromatic carbocycles. The Balaban J connectivity index is 1.73. The summed E-state index contributed by atoms with van der Waals surface area (Å²) in [7, 11) is -1.85. The first-order chi connectivity index (χ1) is 13.9. The van der Waals surface area contributed by atoms with Gasteiger partial charge < -0.3 is 9.27 Å². The molecule has 3 heterocycles. The van der Waals surface area contributed by atoms with Gasteiger partial charge in [0.25, 0.3) is 5.88 Å². The van der Waals surface area contributed by atoms with Gasteiger partial charge in [-0.1, -0.05) is 11.6 Å². The molecule has 0 radical (unpaired) electrons. The van der Waals surface area contributed by atoms with Gasteiger partial charge in [0, 0.05) is 17.8 Å². The van der Waals surface area contributed by atoms with Crippen LogP contribution < -0.4 is 9.01 Å². The maximum absolute atomic E-state index is 12.9. The summed E-state index contributed by atoms with van der Waals surface area (Å²) in [5, 5.41) is 8.80. The summed E-state index contributed by atoms with van der Waals surface area (Å²) < 4.78 is 47.6. The predicted molar refractivity (Wildman–Crippen MR) is 105 cm³/mol. The maximum Gasteiger partial charge on any atom is 0.336 e. The third-order valence-electron chi connectivity index (χ3n) is 4.09. The van der Waals surface area contributed by atoms with Crippen molar-refractivity contribution in [2.24, 2.45) is 0 Å². The Bertz CT molecular complexity index is 1220. The zero-order valence-corrected chi connectivity index (χ0v) is 16.9. The molecular weight excluding hydrogens is 449 g/mol. The lowest BCUT2D eigenvalue weighted by Gasteiger charge is -2.08. The summed E-state index contributed by atoms with van der Waals surface area (Å²) in [4.78, 5) is 3.42. The van der Waals surface area contributed by atoms with E-state index in [2.05, 4.69) is 24.2 Å². The predicted octanol–water partition coefficient (Wildman–Crippen LogP) is 4.57. The molecule has 4 rings (SSSR count). The van der Waals surface area contributed by atoms with Gasteiger partial charge >= 0.3 is 6.55 Å². The molecule has 0 aliphatic heterocycles. The lowest BCUT2D eigenvalue weighted by atomic mass is 10.2. The Morgan fingerprint density at radius 3 is 2.76 bits per heavy atom. The van der Waals surface area contributed by atoms with Crippen LogP contribution in [0.2, 0.25) is 5.02 Å². The van der Waals surface area contributed by atoms with E-state index >= 15 is 0 Å². The number of nitrogens with zero attached hydrogens (tertiary/aromatic N) is 4. The normalized spacial score (nSPS) is 12.6. The largest absolute Gasteiger partial charge is 0.363 e. The van der Waals surface area contributed by atoms with E-state index in [0.29, 0.717) is 26.5 Å². The van der Waals surface area contributed by atoms with Crippen LogP contribution in [0.25, 0.3) is 16.6 Å². The second kappa shape index (κ2) is 7.65. The van der Waals surface area contributed by atoms with Gasteiger partial charge in [-0.25, -0.2) is 8.89 Å². The number of fused-ring (bicyclic) bond motifs is 1.